The minimum absolute atomic E-state index is 0.483. The molecule has 0 atom stereocenters. The van der Waals surface area contributed by atoms with Gasteiger partial charge in [-0.25, -0.2) is 0 Å². The van der Waals surface area contributed by atoms with E-state index in [1.807, 2.05) is 0 Å². The summed E-state index contributed by atoms with van der Waals surface area (Å²) in [6, 6.07) is 22.2. The molecule has 0 bridgehead atoms. The zero-order valence-electron chi connectivity index (χ0n) is 13.6. The molecule has 0 spiro atoms. The van der Waals surface area contributed by atoms with Crippen LogP contribution in [-0.2, 0) is 0 Å². The third-order valence-corrected chi connectivity index (χ3v) is 10.3. The van der Waals surface area contributed by atoms with Crippen molar-refractivity contribution in [1.29, 1.82) is 0 Å². The average Bonchev–Trinajstić information content (AvgIpc) is 2.53. The molecule has 0 radical (unpaired) electrons. The first-order chi connectivity index (χ1) is 10.7. The molecule has 0 amide bonds. The standard InChI is InChI=1S/C20H26Se2/c1-3-4-5-12-17-20(2,21-18-13-8-6-9-14-18)22-19-15-10-7-11-16-19/h6-11,13-16H,3-5,12,17H2,1-2H3. The molecule has 0 nitrogen and oxygen atoms in total. The van der Waals surface area contributed by atoms with Gasteiger partial charge in [-0.1, -0.05) is 0 Å². The van der Waals surface area contributed by atoms with Crippen molar-refractivity contribution < 1.29 is 0 Å². The molecule has 2 aromatic carbocycles. The molecule has 0 unspecified atom stereocenters. The van der Waals surface area contributed by atoms with E-state index in [4.69, 9.17) is 0 Å². The van der Waals surface area contributed by atoms with Crippen LogP contribution in [0, 0.1) is 0 Å². The number of rotatable bonds is 9. The molecular weight excluding hydrogens is 398 g/mol. The van der Waals surface area contributed by atoms with Gasteiger partial charge in [0.25, 0.3) is 0 Å². The van der Waals surface area contributed by atoms with Gasteiger partial charge in [-0.05, 0) is 0 Å². The van der Waals surface area contributed by atoms with E-state index >= 15 is 0 Å². The molecule has 0 aliphatic heterocycles. The second-order valence-corrected chi connectivity index (χ2v) is 13.7. The first-order valence-corrected chi connectivity index (χ1v) is 11.6. The normalized spacial score (nSPS) is 11.5. The van der Waals surface area contributed by atoms with Crippen molar-refractivity contribution in [1.82, 2.24) is 0 Å². The third-order valence-electron chi connectivity index (χ3n) is 3.64. The first kappa shape index (κ1) is 17.8. The maximum absolute atomic E-state index is 2.53. The summed E-state index contributed by atoms with van der Waals surface area (Å²) in [4.78, 5) is 0. The van der Waals surface area contributed by atoms with Crippen molar-refractivity contribution >= 4 is 38.8 Å². The van der Waals surface area contributed by atoms with Crippen molar-refractivity contribution in [2.45, 2.75) is 49.2 Å². The predicted octanol–water partition coefficient (Wildman–Crippen LogP) is 4.15. The Morgan fingerprint density at radius 2 is 1.23 bits per heavy atom. The van der Waals surface area contributed by atoms with Crippen LogP contribution in [0.25, 0.3) is 0 Å². The minimum atomic E-state index is 0.483. The number of unbranched alkanes of at least 4 members (excludes halogenated alkanes) is 3. The van der Waals surface area contributed by atoms with Crippen LogP contribution in [0.1, 0.15) is 46.0 Å². The topological polar surface area (TPSA) is 0 Å². The molecule has 2 heteroatoms. The Hall–Kier alpha value is -0.521. The second-order valence-electron chi connectivity index (χ2n) is 5.77. The Morgan fingerprint density at radius 1 is 0.727 bits per heavy atom. The number of benzene rings is 2. The monoisotopic (exact) mass is 426 g/mol. The zero-order valence-corrected chi connectivity index (χ0v) is 17.1. The number of hydrogen-bond donors (Lipinski definition) is 0. The molecule has 0 saturated heterocycles. The van der Waals surface area contributed by atoms with Crippen LogP contribution in [0.3, 0.4) is 0 Å². The molecule has 0 aliphatic carbocycles. The van der Waals surface area contributed by atoms with E-state index in [9.17, 15) is 0 Å². The number of hydrogen-bond acceptors (Lipinski definition) is 0. The second kappa shape index (κ2) is 9.58. The summed E-state index contributed by atoms with van der Waals surface area (Å²) < 4.78 is 3.58. The molecule has 2 aromatic rings. The molecule has 0 saturated carbocycles. The molecular formula is C20H26Se2. The quantitative estimate of drug-likeness (QED) is 0.419. The molecule has 0 aromatic heterocycles. The Morgan fingerprint density at radius 3 is 1.68 bits per heavy atom. The molecule has 118 valence electrons. The van der Waals surface area contributed by atoms with Crippen LogP contribution in [0.4, 0.5) is 0 Å². The van der Waals surface area contributed by atoms with E-state index < -0.39 is 0 Å². The van der Waals surface area contributed by atoms with Crippen LogP contribution in [-0.4, -0.2) is 29.9 Å². The third kappa shape index (κ3) is 6.31. The van der Waals surface area contributed by atoms with Crippen LogP contribution in [0.2, 0.25) is 3.21 Å². The fourth-order valence-electron chi connectivity index (χ4n) is 2.47. The van der Waals surface area contributed by atoms with Crippen molar-refractivity contribution in [3.8, 4) is 0 Å². The molecule has 22 heavy (non-hydrogen) atoms. The van der Waals surface area contributed by atoms with Crippen LogP contribution < -0.4 is 8.92 Å². The maximum atomic E-state index is 2.53. The van der Waals surface area contributed by atoms with Crippen molar-refractivity contribution in [3.05, 3.63) is 60.7 Å². The van der Waals surface area contributed by atoms with Gasteiger partial charge in [0.15, 0.2) is 0 Å². The van der Waals surface area contributed by atoms with Crippen LogP contribution >= 0.6 is 0 Å². The summed E-state index contributed by atoms with van der Waals surface area (Å²) in [5.41, 5.74) is 0. The van der Waals surface area contributed by atoms with Gasteiger partial charge >= 0.3 is 149 Å². The van der Waals surface area contributed by atoms with Crippen molar-refractivity contribution in [2.24, 2.45) is 0 Å². The Balaban J connectivity index is 2.05. The van der Waals surface area contributed by atoms with Gasteiger partial charge in [0.2, 0.25) is 0 Å². The fourth-order valence-corrected chi connectivity index (χ4v) is 9.47. The SMILES string of the molecule is CCCCCCC(C)([Se]c1ccccc1)[Se]c1ccccc1. The van der Waals surface area contributed by atoms with Crippen LogP contribution in [0.5, 0.6) is 0 Å². The summed E-state index contributed by atoms with van der Waals surface area (Å²) in [5, 5.41) is 0. The summed E-state index contributed by atoms with van der Waals surface area (Å²) in [7, 11) is 0. The average molecular weight is 424 g/mol. The Kier molecular flexibility index (Phi) is 7.76. The molecule has 2 rings (SSSR count). The molecule has 0 heterocycles. The van der Waals surface area contributed by atoms with Gasteiger partial charge in [-0.15, -0.1) is 0 Å². The van der Waals surface area contributed by atoms with E-state index in [0.717, 1.165) is 0 Å². The summed E-state index contributed by atoms with van der Waals surface area (Å²) in [5.74, 6) is 0. The van der Waals surface area contributed by atoms with Crippen molar-refractivity contribution in [2.75, 3.05) is 0 Å². The first-order valence-electron chi connectivity index (χ1n) is 8.20. The van der Waals surface area contributed by atoms with E-state index in [0.29, 0.717) is 33.1 Å². The molecule has 0 aliphatic rings. The van der Waals surface area contributed by atoms with Gasteiger partial charge in [-0.3, -0.25) is 0 Å². The zero-order chi connectivity index (χ0) is 15.7. The predicted molar refractivity (Wildman–Crippen MR) is 101 cm³/mol. The van der Waals surface area contributed by atoms with E-state index in [1.165, 1.54) is 32.1 Å². The van der Waals surface area contributed by atoms with Gasteiger partial charge in [-0.2, -0.15) is 0 Å². The van der Waals surface area contributed by atoms with Gasteiger partial charge < -0.3 is 0 Å². The summed E-state index contributed by atoms with van der Waals surface area (Å²) in [6.07, 6.45) is 6.85. The summed E-state index contributed by atoms with van der Waals surface area (Å²) in [6.45, 7) is 4.82. The molecule has 0 N–H and O–H groups in total. The van der Waals surface area contributed by atoms with Gasteiger partial charge in [0, 0.05) is 0 Å². The van der Waals surface area contributed by atoms with Crippen molar-refractivity contribution in [3.63, 3.8) is 0 Å². The molecule has 0 fully saturated rings. The van der Waals surface area contributed by atoms with Crippen LogP contribution in [0.15, 0.2) is 60.7 Å². The van der Waals surface area contributed by atoms with Gasteiger partial charge in [0.05, 0.1) is 0 Å². The van der Waals surface area contributed by atoms with E-state index in [2.05, 4.69) is 74.5 Å². The summed E-state index contributed by atoms with van der Waals surface area (Å²) >= 11 is 1.10. The fraction of sp³-hybridized carbons (Fsp3) is 0.400. The van der Waals surface area contributed by atoms with Gasteiger partial charge in [0.1, 0.15) is 0 Å². The van der Waals surface area contributed by atoms with E-state index in [1.54, 1.807) is 8.92 Å². The Labute approximate surface area is 148 Å². The Bertz CT molecular complexity index is 480. The van der Waals surface area contributed by atoms with E-state index in [-0.39, 0.29) is 0 Å².